The van der Waals surface area contributed by atoms with Crippen LogP contribution in [0.1, 0.15) is 62.5 Å². The summed E-state index contributed by atoms with van der Waals surface area (Å²) < 4.78 is 0. The fourth-order valence-corrected chi connectivity index (χ4v) is 5.24. The lowest BCUT2D eigenvalue weighted by molar-refractivity contribution is -0.00143. The summed E-state index contributed by atoms with van der Waals surface area (Å²) in [6.07, 6.45) is 12.1. The first-order valence-electron chi connectivity index (χ1n) is 9.71. The van der Waals surface area contributed by atoms with Crippen LogP contribution in [0.4, 0.5) is 0 Å². The van der Waals surface area contributed by atoms with Crippen LogP contribution in [0, 0.1) is 17.8 Å². The monoisotopic (exact) mass is 313 g/mol. The van der Waals surface area contributed by atoms with E-state index >= 15 is 0 Å². The Balaban J connectivity index is 1.40. The molecule has 4 aliphatic rings. The molecule has 4 saturated carbocycles. The van der Waals surface area contributed by atoms with Gasteiger partial charge in [-0.3, -0.25) is 0 Å². The van der Waals surface area contributed by atoms with E-state index in [1.165, 1.54) is 68.9 Å². The van der Waals surface area contributed by atoms with E-state index in [0.29, 0.717) is 12.5 Å². The molecular formula is C21H31NO. The molecule has 0 spiro atoms. The summed E-state index contributed by atoms with van der Waals surface area (Å²) in [5.41, 5.74) is 2.87. The smallest absolute Gasteiger partial charge is 0.0616 e. The molecule has 5 rings (SSSR count). The Hall–Kier alpha value is -0.860. The maximum Gasteiger partial charge on any atom is 0.0616 e. The molecule has 0 radical (unpaired) electrons. The SMILES string of the molecule is OCC1(NCc2cccc(CC3CCC3)c2)CC2CCC1CC2. The Labute approximate surface area is 140 Å². The third kappa shape index (κ3) is 3.21. The first-order chi connectivity index (χ1) is 11.3. The van der Waals surface area contributed by atoms with Crippen LogP contribution in [0.2, 0.25) is 0 Å². The number of benzene rings is 1. The number of nitrogens with one attached hydrogen (secondary N) is 1. The number of aliphatic hydroxyl groups is 1. The summed E-state index contributed by atoms with van der Waals surface area (Å²) in [5.74, 6) is 2.44. The molecule has 0 amide bonds. The van der Waals surface area contributed by atoms with Crippen molar-refractivity contribution < 1.29 is 5.11 Å². The molecule has 0 heterocycles. The standard InChI is InChI=1S/C21H31NO/c23-15-21(13-17-7-9-20(21)10-8-17)22-14-19-6-2-5-18(12-19)11-16-3-1-4-16/h2,5-6,12,16-17,20,22-23H,1,3-4,7-11,13-15H2. The number of hydrogen-bond donors (Lipinski definition) is 2. The van der Waals surface area contributed by atoms with E-state index in [0.717, 1.165) is 18.4 Å². The van der Waals surface area contributed by atoms with Gasteiger partial charge in [0, 0.05) is 12.1 Å². The van der Waals surface area contributed by atoms with Crippen molar-refractivity contribution in [2.45, 2.75) is 69.9 Å². The zero-order valence-corrected chi connectivity index (χ0v) is 14.3. The van der Waals surface area contributed by atoms with Gasteiger partial charge in [-0.25, -0.2) is 0 Å². The van der Waals surface area contributed by atoms with E-state index in [2.05, 4.69) is 29.6 Å². The summed E-state index contributed by atoms with van der Waals surface area (Å²) in [6.45, 7) is 1.21. The van der Waals surface area contributed by atoms with Crippen molar-refractivity contribution >= 4 is 0 Å². The Morgan fingerprint density at radius 3 is 2.43 bits per heavy atom. The molecule has 0 aromatic heterocycles. The first kappa shape index (κ1) is 15.7. The normalized spacial score (nSPS) is 33.6. The average Bonchev–Trinajstić information content (AvgIpc) is 2.58. The second kappa shape index (κ2) is 6.57. The zero-order valence-electron chi connectivity index (χ0n) is 14.3. The summed E-state index contributed by atoms with van der Waals surface area (Å²) in [4.78, 5) is 0. The number of rotatable bonds is 6. The van der Waals surface area contributed by atoms with Crippen molar-refractivity contribution in [1.29, 1.82) is 0 Å². The van der Waals surface area contributed by atoms with Crippen LogP contribution < -0.4 is 5.32 Å². The predicted molar refractivity (Wildman–Crippen MR) is 94.2 cm³/mol. The first-order valence-corrected chi connectivity index (χ1v) is 9.71. The minimum absolute atomic E-state index is 0.00879. The van der Waals surface area contributed by atoms with Crippen LogP contribution in [-0.2, 0) is 13.0 Å². The zero-order chi connectivity index (χ0) is 15.7. The average molecular weight is 313 g/mol. The van der Waals surface area contributed by atoms with E-state index in [1.807, 2.05) is 0 Å². The predicted octanol–water partition coefficient (Wildman–Crippen LogP) is 4.06. The summed E-state index contributed by atoms with van der Waals surface area (Å²) in [5, 5.41) is 13.9. The topological polar surface area (TPSA) is 32.3 Å². The third-order valence-electron chi connectivity index (χ3n) is 6.95. The fourth-order valence-electron chi connectivity index (χ4n) is 5.24. The summed E-state index contributed by atoms with van der Waals surface area (Å²) >= 11 is 0. The maximum atomic E-state index is 10.1. The quantitative estimate of drug-likeness (QED) is 0.830. The Bertz CT molecular complexity index is 530. The van der Waals surface area contributed by atoms with Crippen LogP contribution in [-0.4, -0.2) is 17.3 Å². The van der Waals surface area contributed by atoms with Crippen LogP contribution in [0.5, 0.6) is 0 Å². The van der Waals surface area contributed by atoms with E-state index in [4.69, 9.17) is 0 Å². The largest absolute Gasteiger partial charge is 0.394 e. The molecular weight excluding hydrogens is 282 g/mol. The van der Waals surface area contributed by atoms with Gasteiger partial charge in [0.2, 0.25) is 0 Å². The van der Waals surface area contributed by atoms with E-state index in [-0.39, 0.29) is 5.54 Å². The van der Waals surface area contributed by atoms with Gasteiger partial charge >= 0.3 is 0 Å². The van der Waals surface area contributed by atoms with Gasteiger partial charge < -0.3 is 10.4 Å². The van der Waals surface area contributed by atoms with Crippen molar-refractivity contribution in [3.8, 4) is 0 Å². The van der Waals surface area contributed by atoms with Crippen molar-refractivity contribution in [2.24, 2.45) is 17.8 Å². The molecule has 126 valence electrons. The van der Waals surface area contributed by atoms with Crippen molar-refractivity contribution in [3.63, 3.8) is 0 Å². The lowest BCUT2D eigenvalue weighted by Crippen LogP contribution is -2.59. The Morgan fingerprint density at radius 1 is 1.04 bits per heavy atom. The fraction of sp³-hybridized carbons (Fsp3) is 0.714. The van der Waals surface area contributed by atoms with Crippen molar-refractivity contribution in [3.05, 3.63) is 35.4 Å². The molecule has 2 N–H and O–H groups in total. The van der Waals surface area contributed by atoms with Gasteiger partial charge in [0.05, 0.1) is 6.61 Å². The van der Waals surface area contributed by atoms with Gasteiger partial charge in [-0.2, -0.15) is 0 Å². The number of aliphatic hydroxyl groups excluding tert-OH is 1. The Kier molecular flexibility index (Phi) is 4.47. The van der Waals surface area contributed by atoms with Gasteiger partial charge in [-0.1, -0.05) is 56.4 Å². The lowest BCUT2D eigenvalue weighted by atomic mass is 9.60. The van der Waals surface area contributed by atoms with E-state index in [1.54, 1.807) is 0 Å². The molecule has 1 unspecified atom stereocenters. The highest BCUT2D eigenvalue weighted by Gasteiger charge is 2.46. The molecule has 1 aromatic rings. The highest BCUT2D eigenvalue weighted by molar-refractivity contribution is 5.24. The van der Waals surface area contributed by atoms with Crippen LogP contribution in [0.25, 0.3) is 0 Å². The van der Waals surface area contributed by atoms with Crippen LogP contribution in [0.3, 0.4) is 0 Å². The molecule has 2 nitrogen and oxygen atoms in total. The molecule has 4 fully saturated rings. The van der Waals surface area contributed by atoms with E-state index < -0.39 is 0 Å². The molecule has 2 heteroatoms. The van der Waals surface area contributed by atoms with Gasteiger partial charge in [0.1, 0.15) is 0 Å². The molecule has 1 aromatic carbocycles. The maximum absolute atomic E-state index is 10.1. The molecule has 4 aliphatic carbocycles. The van der Waals surface area contributed by atoms with Crippen LogP contribution >= 0.6 is 0 Å². The van der Waals surface area contributed by atoms with Gasteiger partial charge in [-0.05, 0) is 54.6 Å². The van der Waals surface area contributed by atoms with Gasteiger partial charge in [0.25, 0.3) is 0 Å². The minimum atomic E-state index is -0.00879. The van der Waals surface area contributed by atoms with Crippen molar-refractivity contribution in [2.75, 3.05) is 6.61 Å². The number of fused-ring (bicyclic) bond motifs is 3. The molecule has 0 aliphatic heterocycles. The second-order valence-electron chi connectivity index (χ2n) is 8.41. The van der Waals surface area contributed by atoms with Crippen molar-refractivity contribution in [1.82, 2.24) is 5.32 Å². The van der Waals surface area contributed by atoms with Crippen LogP contribution in [0.15, 0.2) is 24.3 Å². The molecule has 2 bridgehead atoms. The summed E-state index contributed by atoms with van der Waals surface area (Å²) in [7, 11) is 0. The minimum Gasteiger partial charge on any atom is -0.394 e. The highest BCUT2D eigenvalue weighted by atomic mass is 16.3. The Morgan fingerprint density at radius 2 is 1.83 bits per heavy atom. The van der Waals surface area contributed by atoms with E-state index in [9.17, 15) is 5.11 Å². The third-order valence-corrected chi connectivity index (χ3v) is 6.95. The lowest BCUT2D eigenvalue weighted by Gasteiger charge is -2.51. The second-order valence-corrected chi connectivity index (χ2v) is 8.41. The van der Waals surface area contributed by atoms with Gasteiger partial charge in [0.15, 0.2) is 0 Å². The highest BCUT2D eigenvalue weighted by Crippen LogP contribution is 2.47. The summed E-state index contributed by atoms with van der Waals surface area (Å²) in [6, 6.07) is 9.12. The molecule has 0 saturated heterocycles. The number of hydrogen-bond acceptors (Lipinski definition) is 2. The molecule has 1 atom stereocenters. The molecule has 23 heavy (non-hydrogen) atoms. The van der Waals surface area contributed by atoms with Gasteiger partial charge in [-0.15, -0.1) is 0 Å².